The molecule has 1 saturated heterocycles. The molecule has 3 rings (SSSR count). The van der Waals surface area contributed by atoms with Crippen LogP contribution in [0.5, 0.6) is 0 Å². The van der Waals surface area contributed by atoms with Gasteiger partial charge in [0.2, 0.25) is 0 Å². The predicted octanol–water partition coefficient (Wildman–Crippen LogP) is 1.87. The molecule has 3 N–H and O–H groups in total. The molecule has 2 atom stereocenters. The third kappa shape index (κ3) is 3.95. The van der Waals surface area contributed by atoms with Crippen molar-refractivity contribution in [3.05, 3.63) is 51.8 Å². The SMILES string of the molecule is Cc1cc([N+](=O)[O-])ccc1-c1ccc(/C=N/NC(=O)C2CC(C)NN2)o1. The van der Waals surface area contributed by atoms with Crippen molar-refractivity contribution < 1.29 is 14.1 Å². The number of hydrazine groups is 1. The fourth-order valence-electron chi connectivity index (χ4n) is 2.73. The van der Waals surface area contributed by atoms with Crippen molar-refractivity contribution in [2.24, 2.45) is 5.10 Å². The molecule has 26 heavy (non-hydrogen) atoms. The molecule has 0 radical (unpaired) electrons. The van der Waals surface area contributed by atoms with E-state index in [0.29, 0.717) is 17.9 Å². The number of nitrogens with one attached hydrogen (secondary N) is 3. The molecule has 1 fully saturated rings. The number of hydrogen-bond donors (Lipinski definition) is 3. The Kier molecular flexibility index (Phi) is 5.10. The Morgan fingerprint density at radius 2 is 2.19 bits per heavy atom. The highest BCUT2D eigenvalue weighted by atomic mass is 16.6. The summed E-state index contributed by atoms with van der Waals surface area (Å²) in [4.78, 5) is 22.3. The molecule has 1 amide bonds. The van der Waals surface area contributed by atoms with E-state index in [-0.39, 0.29) is 23.7 Å². The van der Waals surface area contributed by atoms with Gasteiger partial charge in [-0.1, -0.05) is 0 Å². The molecule has 1 aliphatic heterocycles. The van der Waals surface area contributed by atoms with Crippen LogP contribution < -0.4 is 16.3 Å². The van der Waals surface area contributed by atoms with Gasteiger partial charge >= 0.3 is 0 Å². The second-order valence-corrected chi connectivity index (χ2v) is 6.17. The topological polar surface area (TPSA) is 122 Å². The molecule has 2 unspecified atom stereocenters. The zero-order chi connectivity index (χ0) is 18.7. The monoisotopic (exact) mass is 357 g/mol. The van der Waals surface area contributed by atoms with E-state index in [4.69, 9.17) is 4.42 Å². The average Bonchev–Trinajstić information content (AvgIpc) is 3.24. The van der Waals surface area contributed by atoms with Crippen molar-refractivity contribution in [2.75, 3.05) is 0 Å². The summed E-state index contributed by atoms with van der Waals surface area (Å²) in [6.07, 6.45) is 2.10. The summed E-state index contributed by atoms with van der Waals surface area (Å²) in [6.45, 7) is 3.76. The predicted molar refractivity (Wildman–Crippen MR) is 95.4 cm³/mol. The maximum absolute atomic E-state index is 11.9. The first kappa shape index (κ1) is 17.8. The van der Waals surface area contributed by atoms with Crippen LogP contribution in [-0.4, -0.2) is 29.1 Å². The number of aryl methyl sites for hydroxylation is 1. The van der Waals surface area contributed by atoms with Crippen LogP contribution in [0.2, 0.25) is 0 Å². The number of carbonyl (C=O) groups excluding carboxylic acids is 1. The summed E-state index contributed by atoms with van der Waals surface area (Å²) in [5.41, 5.74) is 9.86. The number of nitro groups is 1. The zero-order valence-electron chi connectivity index (χ0n) is 14.4. The minimum atomic E-state index is -0.435. The van der Waals surface area contributed by atoms with Gasteiger partial charge in [-0.3, -0.25) is 20.3 Å². The first-order chi connectivity index (χ1) is 12.4. The molecule has 2 aromatic rings. The first-order valence-electron chi connectivity index (χ1n) is 8.13. The third-order valence-corrected chi connectivity index (χ3v) is 4.09. The maximum atomic E-state index is 11.9. The lowest BCUT2D eigenvalue weighted by Crippen LogP contribution is -2.41. The number of carbonyl (C=O) groups is 1. The summed E-state index contributed by atoms with van der Waals surface area (Å²) >= 11 is 0. The van der Waals surface area contributed by atoms with E-state index in [9.17, 15) is 14.9 Å². The van der Waals surface area contributed by atoms with Gasteiger partial charge in [-0.05, 0) is 44.0 Å². The molecule has 136 valence electrons. The molecule has 1 aromatic heterocycles. The van der Waals surface area contributed by atoms with E-state index in [1.807, 2.05) is 6.92 Å². The minimum absolute atomic E-state index is 0.0339. The van der Waals surface area contributed by atoms with Crippen LogP contribution in [0.25, 0.3) is 11.3 Å². The van der Waals surface area contributed by atoms with E-state index in [0.717, 1.165) is 11.1 Å². The number of benzene rings is 1. The summed E-state index contributed by atoms with van der Waals surface area (Å²) < 4.78 is 5.68. The van der Waals surface area contributed by atoms with E-state index >= 15 is 0 Å². The van der Waals surface area contributed by atoms with Crippen molar-refractivity contribution in [3.8, 4) is 11.3 Å². The lowest BCUT2D eigenvalue weighted by molar-refractivity contribution is -0.384. The smallest absolute Gasteiger partial charge is 0.269 e. The minimum Gasteiger partial charge on any atom is -0.455 e. The Bertz CT molecular complexity index is 861. The number of nitrogens with zero attached hydrogens (tertiary/aromatic N) is 2. The Labute approximate surface area is 149 Å². The number of rotatable bonds is 5. The quantitative estimate of drug-likeness (QED) is 0.427. The molecule has 0 aliphatic carbocycles. The molecule has 0 spiro atoms. The van der Waals surface area contributed by atoms with Gasteiger partial charge in [0, 0.05) is 23.7 Å². The van der Waals surface area contributed by atoms with Gasteiger partial charge in [-0.25, -0.2) is 10.9 Å². The third-order valence-electron chi connectivity index (χ3n) is 4.09. The second-order valence-electron chi connectivity index (χ2n) is 6.17. The fraction of sp³-hybridized carbons (Fsp3) is 0.294. The Morgan fingerprint density at radius 1 is 1.38 bits per heavy atom. The van der Waals surface area contributed by atoms with E-state index in [1.165, 1.54) is 18.3 Å². The van der Waals surface area contributed by atoms with E-state index < -0.39 is 4.92 Å². The molecular weight excluding hydrogens is 338 g/mol. The van der Waals surface area contributed by atoms with E-state index in [2.05, 4.69) is 21.4 Å². The zero-order valence-corrected chi connectivity index (χ0v) is 14.4. The highest BCUT2D eigenvalue weighted by Gasteiger charge is 2.26. The van der Waals surface area contributed by atoms with Crippen molar-refractivity contribution in [3.63, 3.8) is 0 Å². The number of hydrazone groups is 1. The van der Waals surface area contributed by atoms with Gasteiger partial charge in [-0.2, -0.15) is 5.10 Å². The van der Waals surface area contributed by atoms with Crippen LogP contribution in [0.4, 0.5) is 5.69 Å². The van der Waals surface area contributed by atoms with Crippen LogP contribution in [0.1, 0.15) is 24.7 Å². The van der Waals surface area contributed by atoms with Gasteiger partial charge < -0.3 is 4.42 Å². The molecule has 0 saturated carbocycles. The number of amides is 1. The summed E-state index contributed by atoms with van der Waals surface area (Å²) in [6, 6.07) is 7.95. The second kappa shape index (κ2) is 7.46. The van der Waals surface area contributed by atoms with Gasteiger partial charge in [0.05, 0.1) is 11.1 Å². The molecule has 0 bridgehead atoms. The van der Waals surface area contributed by atoms with Gasteiger partial charge in [0.1, 0.15) is 17.6 Å². The summed E-state index contributed by atoms with van der Waals surface area (Å²) in [5.74, 6) is 0.806. The highest BCUT2D eigenvalue weighted by molar-refractivity contribution is 5.84. The molecular formula is C17H19N5O4. The summed E-state index contributed by atoms with van der Waals surface area (Å²) in [7, 11) is 0. The lowest BCUT2D eigenvalue weighted by Gasteiger charge is -2.05. The number of non-ortho nitro benzene ring substituents is 1. The molecule has 2 heterocycles. The van der Waals surface area contributed by atoms with Crippen molar-refractivity contribution in [2.45, 2.75) is 32.4 Å². The number of furan rings is 1. The average molecular weight is 357 g/mol. The maximum Gasteiger partial charge on any atom is 0.269 e. The van der Waals surface area contributed by atoms with Gasteiger partial charge in [-0.15, -0.1) is 0 Å². The normalized spacial score (nSPS) is 19.8. The first-order valence-corrected chi connectivity index (χ1v) is 8.13. The lowest BCUT2D eigenvalue weighted by atomic mass is 10.1. The van der Waals surface area contributed by atoms with Crippen LogP contribution in [0.15, 0.2) is 39.9 Å². The fourth-order valence-corrected chi connectivity index (χ4v) is 2.73. The molecule has 1 aromatic carbocycles. The Hall–Kier alpha value is -3.04. The van der Waals surface area contributed by atoms with Crippen LogP contribution in [0, 0.1) is 17.0 Å². The van der Waals surface area contributed by atoms with Crippen LogP contribution in [0.3, 0.4) is 0 Å². The van der Waals surface area contributed by atoms with Crippen molar-refractivity contribution in [1.82, 2.24) is 16.3 Å². The van der Waals surface area contributed by atoms with Crippen LogP contribution >= 0.6 is 0 Å². The molecule has 1 aliphatic rings. The number of hydrogen-bond acceptors (Lipinski definition) is 7. The van der Waals surface area contributed by atoms with Crippen molar-refractivity contribution >= 4 is 17.8 Å². The number of nitro benzene ring substituents is 1. The summed E-state index contributed by atoms with van der Waals surface area (Å²) in [5, 5.41) is 14.7. The largest absolute Gasteiger partial charge is 0.455 e. The molecule has 9 nitrogen and oxygen atoms in total. The molecule has 9 heteroatoms. The highest BCUT2D eigenvalue weighted by Crippen LogP contribution is 2.28. The Morgan fingerprint density at radius 3 is 2.85 bits per heavy atom. The van der Waals surface area contributed by atoms with Gasteiger partial charge in [0.15, 0.2) is 0 Å². The standard InChI is InChI=1S/C17H19N5O4/c1-10-7-12(22(24)25)3-5-14(10)16-6-4-13(26-16)9-18-21-17(23)15-8-11(2)19-20-15/h3-7,9,11,15,19-20H,8H2,1-2H3,(H,21,23)/b18-9+. The van der Waals surface area contributed by atoms with E-state index in [1.54, 1.807) is 25.1 Å². The van der Waals surface area contributed by atoms with Gasteiger partial charge in [0.25, 0.3) is 11.6 Å². The Balaban J connectivity index is 1.64. The van der Waals surface area contributed by atoms with Crippen LogP contribution in [-0.2, 0) is 4.79 Å². The van der Waals surface area contributed by atoms with Crippen molar-refractivity contribution in [1.29, 1.82) is 0 Å².